The molecule has 0 aromatic heterocycles. The monoisotopic (exact) mass is 374 g/mol. The molecule has 28 heavy (non-hydrogen) atoms. The van der Waals surface area contributed by atoms with Crippen LogP contribution in [-0.2, 0) is 27.4 Å². The van der Waals surface area contributed by atoms with Gasteiger partial charge in [-0.1, -0.05) is 54.6 Å². The van der Waals surface area contributed by atoms with Gasteiger partial charge in [-0.05, 0) is 29.2 Å². The summed E-state index contributed by atoms with van der Waals surface area (Å²) in [7, 11) is 1.43. The number of carbonyl (C=O) groups is 2. The number of esters is 1. The molecule has 0 radical (unpaired) electrons. The van der Waals surface area contributed by atoms with Gasteiger partial charge in [0, 0.05) is 12.2 Å². The van der Waals surface area contributed by atoms with E-state index in [-0.39, 0.29) is 29.9 Å². The lowest BCUT2D eigenvalue weighted by Crippen LogP contribution is -2.56. The molecule has 5 rings (SSSR count). The third kappa shape index (κ3) is 2.58. The van der Waals surface area contributed by atoms with E-state index in [0.29, 0.717) is 19.5 Å². The molecule has 0 aliphatic carbocycles. The maximum absolute atomic E-state index is 13.4. The van der Waals surface area contributed by atoms with Crippen LogP contribution in [0.1, 0.15) is 23.1 Å². The van der Waals surface area contributed by atoms with Crippen molar-refractivity contribution in [2.45, 2.75) is 31.6 Å². The number of amides is 1. The molecule has 0 unspecified atom stereocenters. The highest BCUT2D eigenvalue weighted by Gasteiger charge is 2.56. The lowest BCUT2D eigenvalue weighted by molar-refractivity contribution is -0.147. The highest BCUT2D eigenvalue weighted by Crippen LogP contribution is 2.45. The Hall–Kier alpha value is -2.92. The van der Waals surface area contributed by atoms with E-state index in [1.807, 2.05) is 35.2 Å². The molecule has 1 amide bonds. The van der Waals surface area contributed by atoms with Gasteiger partial charge in [-0.2, -0.15) is 0 Å². The van der Waals surface area contributed by atoms with Gasteiger partial charge in [0.05, 0.1) is 31.7 Å². The van der Waals surface area contributed by atoms with Crippen molar-refractivity contribution in [2.75, 3.05) is 7.11 Å². The molecule has 3 atom stereocenters. The minimum Gasteiger partial charge on any atom is -0.469 e. The van der Waals surface area contributed by atoms with Gasteiger partial charge in [-0.15, -0.1) is 0 Å². The van der Waals surface area contributed by atoms with Crippen molar-refractivity contribution in [2.24, 2.45) is 5.92 Å². The molecule has 2 fully saturated rings. The molecular formula is C23H22N2O3. The summed E-state index contributed by atoms with van der Waals surface area (Å²) in [5.41, 5.74) is 4.32. The molecule has 2 bridgehead atoms. The molecule has 0 N–H and O–H groups in total. The van der Waals surface area contributed by atoms with Gasteiger partial charge in [0.1, 0.15) is 0 Å². The summed E-state index contributed by atoms with van der Waals surface area (Å²) < 4.78 is 5.10. The number of carbonyl (C=O) groups excluding carboxylic acids is 2. The zero-order valence-corrected chi connectivity index (χ0v) is 15.7. The molecule has 3 heterocycles. The molecule has 142 valence electrons. The number of hydrogen-bond donors (Lipinski definition) is 0. The molecular weight excluding hydrogens is 352 g/mol. The second kappa shape index (κ2) is 6.60. The van der Waals surface area contributed by atoms with Crippen molar-refractivity contribution >= 4 is 18.0 Å². The van der Waals surface area contributed by atoms with Crippen LogP contribution in [0.3, 0.4) is 0 Å². The van der Waals surface area contributed by atoms with Crippen LogP contribution in [0.2, 0.25) is 0 Å². The van der Waals surface area contributed by atoms with Crippen molar-refractivity contribution < 1.29 is 14.3 Å². The first-order chi connectivity index (χ1) is 13.7. The van der Waals surface area contributed by atoms with Gasteiger partial charge in [-0.3, -0.25) is 14.5 Å². The van der Waals surface area contributed by atoms with Crippen molar-refractivity contribution in [3.8, 4) is 0 Å². The first-order valence-corrected chi connectivity index (χ1v) is 9.66. The van der Waals surface area contributed by atoms with Gasteiger partial charge in [0.15, 0.2) is 0 Å². The quantitative estimate of drug-likeness (QED) is 0.776. The van der Waals surface area contributed by atoms with E-state index in [9.17, 15) is 9.59 Å². The Bertz CT molecular complexity index is 969. The maximum Gasteiger partial charge on any atom is 0.310 e. The number of piperazine rings is 1. The molecule has 5 heteroatoms. The largest absolute Gasteiger partial charge is 0.469 e. The third-order valence-corrected chi connectivity index (χ3v) is 6.18. The molecule has 2 saturated heterocycles. The molecule has 0 spiro atoms. The Kier molecular flexibility index (Phi) is 4.05. The van der Waals surface area contributed by atoms with E-state index in [4.69, 9.17) is 4.74 Å². The van der Waals surface area contributed by atoms with Crippen molar-refractivity contribution in [3.05, 3.63) is 77.0 Å². The van der Waals surface area contributed by atoms with E-state index in [1.165, 1.54) is 7.11 Å². The second-order valence-corrected chi connectivity index (χ2v) is 7.68. The third-order valence-electron chi connectivity index (χ3n) is 6.18. The Labute approximate surface area is 164 Å². The standard InChI is InChI=1S/C23H22N2O3/c1-28-23(27)18-12-20-22(26)25-14-17-10-6-5-9-16(17)11-19(25)21(18)24(20)13-15-7-3-2-4-8-15/h2-11,18,20-21H,12-14H2,1H3/t18-,20+,21-/m0/s1. The fourth-order valence-electron chi connectivity index (χ4n) is 4.88. The van der Waals surface area contributed by atoms with Crippen LogP contribution < -0.4 is 0 Å². The minimum absolute atomic E-state index is 0.0827. The summed E-state index contributed by atoms with van der Waals surface area (Å²) >= 11 is 0. The molecule has 0 saturated carbocycles. The number of rotatable bonds is 3. The van der Waals surface area contributed by atoms with E-state index < -0.39 is 0 Å². The van der Waals surface area contributed by atoms with E-state index in [1.54, 1.807) is 0 Å². The van der Waals surface area contributed by atoms with Gasteiger partial charge >= 0.3 is 5.97 Å². The fourth-order valence-corrected chi connectivity index (χ4v) is 4.88. The maximum atomic E-state index is 13.4. The fraction of sp³-hybridized carbons (Fsp3) is 0.304. The van der Waals surface area contributed by atoms with Gasteiger partial charge in [0.2, 0.25) is 5.91 Å². The number of methoxy groups -OCH3 is 1. The lowest BCUT2D eigenvalue weighted by Gasteiger charge is -2.44. The van der Waals surface area contributed by atoms with Crippen LogP contribution in [-0.4, -0.2) is 40.9 Å². The summed E-state index contributed by atoms with van der Waals surface area (Å²) in [6.07, 6.45) is 2.59. The first kappa shape index (κ1) is 17.2. The summed E-state index contributed by atoms with van der Waals surface area (Å²) in [6.45, 7) is 1.21. The topological polar surface area (TPSA) is 49.9 Å². The molecule has 3 aliphatic rings. The second-order valence-electron chi connectivity index (χ2n) is 7.68. The van der Waals surface area contributed by atoms with E-state index in [2.05, 4.69) is 35.2 Å². The van der Waals surface area contributed by atoms with Crippen LogP contribution in [0.4, 0.5) is 0 Å². The highest BCUT2D eigenvalue weighted by molar-refractivity contribution is 5.91. The Morgan fingerprint density at radius 1 is 1.11 bits per heavy atom. The summed E-state index contributed by atoms with van der Waals surface area (Å²) in [4.78, 5) is 30.0. The number of fused-ring (bicyclic) bond motifs is 5. The van der Waals surface area contributed by atoms with Gasteiger partial charge in [-0.25, -0.2) is 0 Å². The van der Waals surface area contributed by atoms with E-state index >= 15 is 0 Å². The zero-order chi connectivity index (χ0) is 19.3. The predicted molar refractivity (Wildman–Crippen MR) is 105 cm³/mol. The summed E-state index contributed by atoms with van der Waals surface area (Å²) in [5, 5.41) is 0. The molecule has 5 nitrogen and oxygen atoms in total. The molecule has 3 aliphatic heterocycles. The normalized spacial score (nSPS) is 25.8. The number of ether oxygens (including phenoxy) is 1. The van der Waals surface area contributed by atoms with Crippen molar-refractivity contribution in [1.82, 2.24) is 9.80 Å². The van der Waals surface area contributed by atoms with Crippen LogP contribution in [0.25, 0.3) is 6.08 Å². The average Bonchev–Trinajstić information content (AvgIpc) is 3.05. The highest BCUT2D eigenvalue weighted by atomic mass is 16.5. The van der Waals surface area contributed by atoms with Crippen molar-refractivity contribution in [1.29, 1.82) is 0 Å². The smallest absolute Gasteiger partial charge is 0.310 e. The van der Waals surface area contributed by atoms with Crippen LogP contribution in [0, 0.1) is 5.92 Å². The Morgan fingerprint density at radius 2 is 1.86 bits per heavy atom. The molecule has 2 aromatic rings. The van der Waals surface area contributed by atoms with Gasteiger partial charge < -0.3 is 9.64 Å². The number of nitrogens with zero attached hydrogens (tertiary/aromatic N) is 2. The van der Waals surface area contributed by atoms with Crippen LogP contribution in [0.15, 0.2) is 60.3 Å². The zero-order valence-electron chi connectivity index (χ0n) is 15.7. The van der Waals surface area contributed by atoms with Gasteiger partial charge in [0.25, 0.3) is 0 Å². The summed E-state index contributed by atoms with van der Waals surface area (Å²) in [6, 6.07) is 17.8. The van der Waals surface area contributed by atoms with Crippen LogP contribution in [0.5, 0.6) is 0 Å². The average molecular weight is 374 g/mol. The Morgan fingerprint density at radius 3 is 2.64 bits per heavy atom. The molecule has 2 aromatic carbocycles. The van der Waals surface area contributed by atoms with Crippen molar-refractivity contribution in [3.63, 3.8) is 0 Å². The lowest BCUT2D eigenvalue weighted by atomic mass is 9.92. The van der Waals surface area contributed by atoms with E-state index in [0.717, 1.165) is 22.4 Å². The first-order valence-electron chi connectivity index (χ1n) is 9.66. The Balaban J connectivity index is 1.60. The van der Waals surface area contributed by atoms with Crippen LogP contribution >= 0.6 is 0 Å². The predicted octanol–water partition coefficient (Wildman–Crippen LogP) is 2.82. The number of benzene rings is 2. The summed E-state index contributed by atoms with van der Waals surface area (Å²) in [5.74, 6) is -0.483. The minimum atomic E-state index is -0.329. The number of hydrogen-bond acceptors (Lipinski definition) is 4. The SMILES string of the molecule is COC(=O)[C@H]1C[C@@H]2C(=O)N3Cc4ccccc4C=C3[C@H]1N2Cc1ccccc1.